The van der Waals surface area contributed by atoms with Crippen molar-refractivity contribution >= 4 is 29.0 Å². The first-order valence-electron chi connectivity index (χ1n) is 12.0. The van der Waals surface area contributed by atoms with Crippen molar-refractivity contribution < 1.29 is 19.2 Å². The SMILES string of the molecule is Cc1cc(C(=O)OC(=O)c2ccc(N3CCCCC3C)c([N+](=O)[O-])c2)ccc1N1CCCCC1. The third kappa shape index (κ3) is 5.05. The van der Waals surface area contributed by atoms with Crippen molar-refractivity contribution in [3.63, 3.8) is 0 Å². The van der Waals surface area contributed by atoms with E-state index in [9.17, 15) is 19.7 Å². The van der Waals surface area contributed by atoms with Crippen LogP contribution in [-0.2, 0) is 4.74 Å². The fourth-order valence-electron chi connectivity index (χ4n) is 4.97. The Morgan fingerprint density at radius 2 is 1.53 bits per heavy atom. The number of hydrogen-bond acceptors (Lipinski definition) is 7. The van der Waals surface area contributed by atoms with Gasteiger partial charge in [-0.3, -0.25) is 10.1 Å². The van der Waals surface area contributed by atoms with Crippen LogP contribution in [0.1, 0.15) is 71.7 Å². The van der Waals surface area contributed by atoms with Gasteiger partial charge < -0.3 is 14.5 Å². The van der Waals surface area contributed by atoms with E-state index in [0.29, 0.717) is 5.69 Å². The second kappa shape index (κ2) is 10.2. The van der Waals surface area contributed by atoms with Crippen LogP contribution >= 0.6 is 0 Å². The van der Waals surface area contributed by atoms with Crippen molar-refractivity contribution in [1.82, 2.24) is 0 Å². The van der Waals surface area contributed by atoms with E-state index >= 15 is 0 Å². The topological polar surface area (TPSA) is 93.0 Å². The Morgan fingerprint density at radius 1 is 0.912 bits per heavy atom. The average molecular weight is 466 g/mol. The minimum absolute atomic E-state index is 0.0184. The lowest BCUT2D eigenvalue weighted by Gasteiger charge is -2.35. The summed E-state index contributed by atoms with van der Waals surface area (Å²) in [6.45, 7) is 6.70. The third-order valence-corrected chi connectivity index (χ3v) is 6.83. The lowest BCUT2D eigenvalue weighted by atomic mass is 10.0. The van der Waals surface area contributed by atoms with Gasteiger partial charge in [-0.1, -0.05) is 0 Å². The van der Waals surface area contributed by atoms with Crippen molar-refractivity contribution in [2.24, 2.45) is 0 Å². The number of anilines is 2. The second-order valence-electron chi connectivity index (χ2n) is 9.22. The molecule has 0 spiro atoms. The van der Waals surface area contributed by atoms with E-state index in [1.54, 1.807) is 18.2 Å². The normalized spacial score (nSPS) is 18.5. The summed E-state index contributed by atoms with van der Waals surface area (Å²) in [7, 11) is 0. The van der Waals surface area contributed by atoms with E-state index in [1.165, 1.54) is 18.6 Å². The zero-order valence-corrected chi connectivity index (χ0v) is 19.8. The highest BCUT2D eigenvalue weighted by Crippen LogP contribution is 2.34. The maximum Gasteiger partial charge on any atom is 0.346 e. The molecule has 2 heterocycles. The van der Waals surface area contributed by atoms with E-state index < -0.39 is 16.9 Å². The Labute approximate surface area is 199 Å². The molecule has 180 valence electrons. The molecule has 2 fully saturated rings. The van der Waals surface area contributed by atoms with Crippen molar-refractivity contribution in [3.8, 4) is 0 Å². The second-order valence-corrected chi connectivity index (χ2v) is 9.22. The molecule has 0 bridgehead atoms. The van der Waals surface area contributed by atoms with Crippen LogP contribution in [0.3, 0.4) is 0 Å². The summed E-state index contributed by atoms with van der Waals surface area (Å²) < 4.78 is 5.08. The molecular weight excluding hydrogens is 434 g/mol. The lowest BCUT2D eigenvalue weighted by molar-refractivity contribution is -0.384. The predicted molar refractivity (Wildman–Crippen MR) is 131 cm³/mol. The number of ether oxygens (including phenoxy) is 1. The highest BCUT2D eigenvalue weighted by Gasteiger charge is 2.27. The molecular formula is C26H31N3O5. The maximum atomic E-state index is 12.7. The molecule has 2 aromatic rings. The predicted octanol–water partition coefficient (Wildman–Crippen LogP) is 5.27. The first-order valence-corrected chi connectivity index (χ1v) is 12.0. The van der Waals surface area contributed by atoms with Gasteiger partial charge in [-0.15, -0.1) is 0 Å². The Kier molecular flexibility index (Phi) is 7.14. The summed E-state index contributed by atoms with van der Waals surface area (Å²) in [5.74, 6) is -1.67. The number of nitro groups is 1. The van der Waals surface area contributed by atoms with Gasteiger partial charge in [0.1, 0.15) is 5.69 Å². The maximum absolute atomic E-state index is 12.7. The standard InChI is InChI=1S/C26H31N3O5/c1-18-16-20(9-11-22(18)27-13-5-3-6-14-27)25(30)34-26(31)21-10-12-23(24(17-21)29(32)33)28-15-7-4-8-19(28)2/h9-12,16-17,19H,3-8,13-15H2,1-2H3. The van der Waals surface area contributed by atoms with Crippen LogP contribution in [0, 0.1) is 17.0 Å². The zero-order valence-electron chi connectivity index (χ0n) is 19.8. The minimum atomic E-state index is -0.899. The number of hydrogen-bond donors (Lipinski definition) is 0. The van der Waals surface area contributed by atoms with Crippen LogP contribution in [0.15, 0.2) is 36.4 Å². The summed E-state index contributed by atoms with van der Waals surface area (Å²) in [5.41, 5.74) is 2.62. The minimum Gasteiger partial charge on any atom is -0.386 e. The monoisotopic (exact) mass is 465 g/mol. The molecule has 0 radical (unpaired) electrons. The van der Waals surface area contributed by atoms with E-state index in [0.717, 1.165) is 63.0 Å². The summed E-state index contributed by atoms with van der Waals surface area (Å²) >= 11 is 0. The molecule has 1 unspecified atom stereocenters. The van der Waals surface area contributed by atoms with Crippen molar-refractivity contribution in [3.05, 3.63) is 63.2 Å². The number of esters is 2. The molecule has 0 aromatic heterocycles. The summed E-state index contributed by atoms with van der Waals surface area (Å²) in [5, 5.41) is 11.7. The third-order valence-electron chi connectivity index (χ3n) is 6.83. The van der Waals surface area contributed by atoms with Gasteiger partial charge in [0.05, 0.1) is 16.1 Å². The van der Waals surface area contributed by atoms with Crippen molar-refractivity contribution in [2.75, 3.05) is 29.4 Å². The molecule has 8 nitrogen and oxygen atoms in total. The largest absolute Gasteiger partial charge is 0.386 e. The molecule has 0 aliphatic carbocycles. The Morgan fingerprint density at radius 3 is 2.15 bits per heavy atom. The van der Waals surface area contributed by atoms with Crippen LogP contribution in [0.2, 0.25) is 0 Å². The number of piperidine rings is 2. The van der Waals surface area contributed by atoms with Crippen LogP contribution < -0.4 is 9.80 Å². The number of carbonyl (C=O) groups is 2. The number of carbonyl (C=O) groups excluding carboxylic acids is 2. The number of aryl methyl sites for hydroxylation is 1. The fraction of sp³-hybridized carbons (Fsp3) is 0.462. The first-order chi connectivity index (χ1) is 16.3. The lowest BCUT2D eigenvalue weighted by Crippen LogP contribution is -2.37. The van der Waals surface area contributed by atoms with Gasteiger partial charge in [0.15, 0.2) is 0 Å². The number of rotatable bonds is 5. The molecule has 4 rings (SSSR count). The molecule has 1 atom stereocenters. The first kappa shape index (κ1) is 23.7. The molecule has 2 aliphatic rings. The van der Waals surface area contributed by atoms with Crippen molar-refractivity contribution in [2.45, 2.75) is 58.4 Å². The van der Waals surface area contributed by atoms with Crippen LogP contribution in [0.4, 0.5) is 17.1 Å². The Bertz CT molecular complexity index is 1090. The van der Waals surface area contributed by atoms with E-state index in [4.69, 9.17) is 4.74 Å². The summed E-state index contributed by atoms with van der Waals surface area (Å²) in [6, 6.07) is 9.74. The number of nitrogens with zero attached hydrogens (tertiary/aromatic N) is 3. The fourth-order valence-corrected chi connectivity index (χ4v) is 4.97. The van der Waals surface area contributed by atoms with E-state index in [1.807, 2.05) is 24.8 Å². The van der Waals surface area contributed by atoms with E-state index in [-0.39, 0.29) is 22.9 Å². The van der Waals surface area contributed by atoms with E-state index in [2.05, 4.69) is 4.90 Å². The highest BCUT2D eigenvalue weighted by molar-refractivity contribution is 6.03. The molecule has 34 heavy (non-hydrogen) atoms. The average Bonchev–Trinajstić information content (AvgIpc) is 2.84. The van der Waals surface area contributed by atoms with Gasteiger partial charge in [-0.25, -0.2) is 9.59 Å². The molecule has 2 aliphatic heterocycles. The number of benzene rings is 2. The van der Waals surface area contributed by atoms with Crippen molar-refractivity contribution in [1.29, 1.82) is 0 Å². The number of nitro benzene ring substituents is 1. The van der Waals surface area contributed by atoms with Gasteiger partial charge in [-0.2, -0.15) is 0 Å². The quantitative estimate of drug-likeness (QED) is 0.257. The highest BCUT2D eigenvalue weighted by atomic mass is 16.6. The summed E-state index contributed by atoms with van der Waals surface area (Å²) in [4.78, 5) is 40.9. The smallest absolute Gasteiger partial charge is 0.346 e. The Hall–Kier alpha value is -3.42. The molecule has 2 aromatic carbocycles. The summed E-state index contributed by atoms with van der Waals surface area (Å²) in [6.07, 6.45) is 6.56. The van der Waals surface area contributed by atoms with Gasteiger partial charge in [-0.05, 0) is 88.3 Å². The molecule has 8 heteroatoms. The van der Waals surface area contributed by atoms with Gasteiger partial charge >= 0.3 is 11.9 Å². The zero-order chi connectivity index (χ0) is 24.2. The molecule has 0 N–H and O–H groups in total. The Balaban J connectivity index is 1.49. The molecule has 0 amide bonds. The van der Waals surface area contributed by atoms with Gasteiger partial charge in [0, 0.05) is 37.4 Å². The molecule has 2 saturated heterocycles. The van der Waals surface area contributed by atoms with Crippen LogP contribution in [-0.4, -0.2) is 42.5 Å². The molecule has 0 saturated carbocycles. The van der Waals surface area contributed by atoms with Gasteiger partial charge in [0.2, 0.25) is 0 Å². The van der Waals surface area contributed by atoms with Crippen LogP contribution in [0.5, 0.6) is 0 Å². The van der Waals surface area contributed by atoms with Crippen LogP contribution in [0.25, 0.3) is 0 Å². The van der Waals surface area contributed by atoms with Gasteiger partial charge in [0.25, 0.3) is 5.69 Å².